The standard InChI is InChI=1S/C14H16ClF3N2O2/c15-9-4-5-19-12(6-9)13(21)20-10-2-1-3-11(7-10)22-8-14(16,17)18/h4-6,10-11H,1-3,7-8H2,(H,20,21)/t10-,11+/m1/s1. The molecule has 1 aliphatic carbocycles. The van der Waals surface area contributed by atoms with Crippen molar-refractivity contribution in [2.24, 2.45) is 0 Å². The van der Waals surface area contributed by atoms with Crippen LogP contribution in [0.25, 0.3) is 0 Å². The van der Waals surface area contributed by atoms with Gasteiger partial charge in [0.25, 0.3) is 5.91 Å². The Morgan fingerprint density at radius 2 is 2.23 bits per heavy atom. The molecule has 1 aromatic heterocycles. The Kier molecular flexibility index (Phi) is 5.63. The number of pyridine rings is 1. The second-order valence-corrected chi connectivity index (χ2v) is 5.68. The molecule has 1 fully saturated rings. The van der Waals surface area contributed by atoms with Crippen molar-refractivity contribution in [3.63, 3.8) is 0 Å². The molecular weight excluding hydrogens is 321 g/mol. The van der Waals surface area contributed by atoms with E-state index in [9.17, 15) is 18.0 Å². The summed E-state index contributed by atoms with van der Waals surface area (Å²) in [5.74, 6) is -0.385. The van der Waals surface area contributed by atoms with Crippen LogP contribution in [0.15, 0.2) is 18.3 Å². The van der Waals surface area contributed by atoms with Crippen molar-refractivity contribution in [2.75, 3.05) is 6.61 Å². The van der Waals surface area contributed by atoms with Crippen molar-refractivity contribution in [3.05, 3.63) is 29.0 Å². The molecular formula is C14H16ClF3N2O2. The lowest BCUT2D eigenvalue weighted by molar-refractivity contribution is -0.188. The van der Waals surface area contributed by atoms with Crippen molar-refractivity contribution in [2.45, 2.75) is 44.0 Å². The Bertz CT molecular complexity index is 525. The van der Waals surface area contributed by atoms with Crippen LogP contribution in [0.3, 0.4) is 0 Å². The molecule has 0 saturated heterocycles. The van der Waals surface area contributed by atoms with Gasteiger partial charge in [-0.05, 0) is 37.8 Å². The third kappa shape index (κ3) is 5.46. The van der Waals surface area contributed by atoms with Crippen LogP contribution < -0.4 is 5.32 Å². The molecule has 1 saturated carbocycles. The van der Waals surface area contributed by atoms with E-state index in [0.29, 0.717) is 30.7 Å². The van der Waals surface area contributed by atoms with Crippen LogP contribution in [-0.4, -0.2) is 35.8 Å². The minimum atomic E-state index is -4.33. The van der Waals surface area contributed by atoms with Crippen molar-refractivity contribution >= 4 is 17.5 Å². The zero-order valence-electron chi connectivity index (χ0n) is 11.7. The molecule has 0 bridgehead atoms. The van der Waals surface area contributed by atoms with E-state index in [0.717, 1.165) is 0 Å². The van der Waals surface area contributed by atoms with Gasteiger partial charge in [0.15, 0.2) is 0 Å². The highest BCUT2D eigenvalue weighted by Crippen LogP contribution is 2.24. The van der Waals surface area contributed by atoms with Crippen molar-refractivity contribution in [3.8, 4) is 0 Å². The molecule has 122 valence electrons. The number of rotatable bonds is 4. The number of hydrogen-bond acceptors (Lipinski definition) is 3. The maximum Gasteiger partial charge on any atom is 0.411 e. The number of hydrogen-bond donors (Lipinski definition) is 1. The molecule has 1 aliphatic rings. The van der Waals surface area contributed by atoms with E-state index >= 15 is 0 Å². The molecule has 0 unspecified atom stereocenters. The fourth-order valence-electron chi connectivity index (χ4n) is 2.43. The molecule has 2 atom stereocenters. The second-order valence-electron chi connectivity index (χ2n) is 5.24. The van der Waals surface area contributed by atoms with Crippen LogP contribution in [0.5, 0.6) is 0 Å². The average Bonchev–Trinajstić information content (AvgIpc) is 2.45. The van der Waals surface area contributed by atoms with Crippen LogP contribution in [0.4, 0.5) is 13.2 Å². The van der Waals surface area contributed by atoms with Gasteiger partial charge >= 0.3 is 6.18 Å². The highest BCUT2D eigenvalue weighted by Gasteiger charge is 2.31. The van der Waals surface area contributed by atoms with Gasteiger partial charge in [0.2, 0.25) is 0 Å². The lowest BCUT2D eigenvalue weighted by Gasteiger charge is -2.30. The number of aromatic nitrogens is 1. The van der Waals surface area contributed by atoms with Gasteiger partial charge in [-0.1, -0.05) is 11.6 Å². The molecule has 1 heterocycles. The minimum Gasteiger partial charge on any atom is -0.369 e. The van der Waals surface area contributed by atoms with E-state index in [-0.39, 0.29) is 17.6 Å². The number of carbonyl (C=O) groups is 1. The van der Waals surface area contributed by atoms with Crippen LogP contribution in [0.1, 0.15) is 36.2 Å². The Hall–Kier alpha value is -1.34. The van der Waals surface area contributed by atoms with E-state index in [2.05, 4.69) is 10.3 Å². The zero-order valence-corrected chi connectivity index (χ0v) is 12.5. The maximum absolute atomic E-state index is 12.2. The lowest BCUT2D eigenvalue weighted by Crippen LogP contribution is -2.41. The number of carbonyl (C=O) groups excluding carboxylic acids is 1. The first kappa shape index (κ1) is 17.0. The van der Waals surface area contributed by atoms with Crippen molar-refractivity contribution in [1.82, 2.24) is 10.3 Å². The molecule has 4 nitrogen and oxygen atoms in total. The summed E-state index contributed by atoms with van der Waals surface area (Å²) >= 11 is 5.79. The van der Waals surface area contributed by atoms with E-state index in [4.69, 9.17) is 16.3 Å². The van der Waals surface area contributed by atoms with Crippen molar-refractivity contribution in [1.29, 1.82) is 0 Å². The van der Waals surface area contributed by atoms with Crippen LogP contribution in [0.2, 0.25) is 5.02 Å². The molecule has 8 heteroatoms. The third-order valence-corrected chi connectivity index (χ3v) is 3.63. The van der Waals surface area contributed by atoms with Gasteiger partial charge in [-0.2, -0.15) is 13.2 Å². The number of halogens is 4. The molecule has 1 N–H and O–H groups in total. The van der Waals surface area contributed by atoms with Gasteiger partial charge < -0.3 is 10.1 Å². The molecule has 1 aromatic rings. The highest BCUT2D eigenvalue weighted by molar-refractivity contribution is 6.30. The van der Waals surface area contributed by atoms with Gasteiger partial charge in [0.1, 0.15) is 12.3 Å². The van der Waals surface area contributed by atoms with Gasteiger partial charge in [0, 0.05) is 17.3 Å². The fraction of sp³-hybridized carbons (Fsp3) is 0.571. The van der Waals surface area contributed by atoms with Crippen LogP contribution in [-0.2, 0) is 4.74 Å². The SMILES string of the molecule is O=C(N[C@@H]1CCC[C@H](OCC(F)(F)F)C1)c1cc(Cl)ccn1. The summed E-state index contributed by atoms with van der Waals surface area (Å²) in [5, 5.41) is 3.17. The summed E-state index contributed by atoms with van der Waals surface area (Å²) in [5.41, 5.74) is 0.186. The highest BCUT2D eigenvalue weighted by atomic mass is 35.5. The van der Waals surface area contributed by atoms with E-state index in [1.54, 1.807) is 6.07 Å². The molecule has 0 spiro atoms. The maximum atomic E-state index is 12.2. The van der Waals surface area contributed by atoms with E-state index < -0.39 is 18.9 Å². The largest absolute Gasteiger partial charge is 0.411 e. The first-order chi connectivity index (χ1) is 10.3. The summed E-state index contributed by atoms with van der Waals surface area (Å²) < 4.78 is 41.4. The predicted molar refractivity (Wildman–Crippen MR) is 74.8 cm³/mol. The molecule has 0 radical (unpaired) electrons. The fourth-order valence-corrected chi connectivity index (χ4v) is 2.59. The minimum absolute atomic E-state index is 0.186. The normalized spacial score (nSPS) is 22.4. The molecule has 22 heavy (non-hydrogen) atoms. The molecule has 2 rings (SSSR count). The Morgan fingerprint density at radius 1 is 1.45 bits per heavy atom. The van der Waals surface area contributed by atoms with Gasteiger partial charge in [-0.3, -0.25) is 9.78 Å². The number of nitrogens with zero attached hydrogens (tertiary/aromatic N) is 1. The predicted octanol–water partition coefficient (Wildman–Crippen LogP) is 3.35. The van der Waals surface area contributed by atoms with Crippen LogP contribution in [0, 0.1) is 0 Å². The molecule has 0 aromatic carbocycles. The van der Waals surface area contributed by atoms with Crippen LogP contribution >= 0.6 is 11.6 Å². The van der Waals surface area contributed by atoms with E-state index in [1.807, 2.05) is 0 Å². The third-order valence-electron chi connectivity index (χ3n) is 3.40. The quantitative estimate of drug-likeness (QED) is 0.917. The average molecular weight is 337 g/mol. The summed E-state index contributed by atoms with van der Waals surface area (Å²) in [7, 11) is 0. The van der Waals surface area contributed by atoms with Gasteiger partial charge in [-0.15, -0.1) is 0 Å². The van der Waals surface area contributed by atoms with Gasteiger partial charge in [0.05, 0.1) is 6.10 Å². The van der Waals surface area contributed by atoms with Gasteiger partial charge in [-0.25, -0.2) is 0 Å². The lowest BCUT2D eigenvalue weighted by atomic mass is 9.92. The Morgan fingerprint density at radius 3 is 2.91 bits per heavy atom. The monoisotopic (exact) mass is 336 g/mol. The molecule has 0 aliphatic heterocycles. The number of nitrogens with one attached hydrogen (secondary N) is 1. The number of amides is 1. The first-order valence-corrected chi connectivity index (χ1v) is 7.32. The first-order valence-electron chi connectivity index (χ1n) is 6.94. The second kappa shape index (κ2) is 7.28. The summed E-state index contributed by atoms with van der Waals surface area (Å²) in [4.78, 5) is 16.0. The summed E-state index contributed by atoms with van der Waals surface area (Å²) in [6.07, 6.45) is -1.06. The van der Waals surface area contributed by atoms with Crippen molar-refractivity contribution < 1.29 is 22.7 Å². The smallest absolute Gasteiger partial charge is 0.369 e. The topological polar surface area (TPSA) is 51.2 Å². The van der Waals surface area contributed by atoms with E-state index in [1.165, 1.54) is 12.3 Å². The molecule has 1 amide bonds. The number of ether oxygens (including phenoxy) is 1. The number of alkyl halides is 3. The Balaban J connectivity index is 1.86. The zero-order chi connectivity index (χ0) is 16.2. The summed E-state index contributed by atoms with van der Waals surface area (Å²) in [6.45, 7) is -1.26. The summed E-state index contributed by atoms with van der Waals surface area (Å²) in [6, 6.07) is 2.78. The Labute approximate surface area is 131 Å².